The average molecular weight is 276 g/mol. The third kappa shape index (κ3) is 2.75. The summed E-state index contributed by atoms with van der Waals surface area (Å²) in [4.78, 5) is 0. The highest BCUT2D eigenvalue weighted by molar-refractivity contribution is 5.46. The lowest BCUT2D eigenvalue weighted by Crippen LogP contribution is -2.04. The van der Waals surface area contributed by atoms with Crippen molar-refractivity contribution in [2.75, 3.05) is 14.2 Å². The summed E-state index contributed by atoms with van der Waals surface area (Å²) in [5, 5.41) is 10.3. The van der Waals surface area contributed by atoms with Crippen molar-refractivity contribution in [1.82, 2.24) is 0 Å². The lowest BCUT2D eigenvalue weighted by molar-refractivity contribution is 0.213. The number of rotatable bonds is 4. The van der Waals surface area contributed by atoms with Crippen molar-refractivity contribution in [1.29, 1.82) is 0 Å². The van der Waals surface area contributed by atoms with Crippen molar-refractivity contribution >= 4 is 0 Å². The molecule has 0 radical (unpaired) electrons. The van der Waals surface area contributed by atoms with E-state index in [1.807, 2.05) is 25.1 Å². The van der Waals surface area contributed by atoms with E-state index in [0.29, 0.717) is 17.1 Å². The predicted molar refractivity (Wildman–Crippen MR) is 74.7 cm³/mol. The van der Waals surface area contributed by atoms with Gasteiger partial charge in [-0.25, -0.2) is 4.39 Å². The molecule has 0 bridgehead atoms. The summed E-state index contributed by atoms with van der Waals surface area (Å²) >= 11 is 0. The molecule has 4 heteroatoms. The molecule has 0 spiro atoms. The molecule has 1 N–H and O–H groups in total. The van der Waals surface area contributed by atoms with E-state index in [1.54, 1.807) is 6.07 Å². The second-order valence-electron chi connectivity index (χ2n) is 4.55. The molecular formula is C16H17FO3. The monoisotopic (exact) mass is 276 g/mol. The van der Waals surface area contributed by atoms with E-state index in [0.717, 1.165) is 5.56 Å². The zero-order chi connectivity index (χ0) is 14.7. The number of halogens is 1. The van der Waals surface area contributed by atoms with Crippen molar-refractivity contribution < 1.29 is 19.0 Å². The van der Waals surface area contributed by atoms with E-state index >= 15 is 0 Å². The highest BCUT2D eigenvalue weighted by atomic mass is 19.1. The van der Waals surface area contributed by atoms with E-state index in [9.17, 15) is 9.50 Å². The van der Waals surface area contributed by atoms with E-state index in [-0.39, 0.29) is 5.56 Å². The summed E-state index contributed by atoms with van der Waals surface area (Å²) < 4.78 is 24.3. The molecule has 0 saturated heterocycles. The maximum Gasteiger partial charge on any atom is 0.163 e. The summed E-state index contributed by atoms with van der Waals surface area (Å²) in [5.41, 5.74) is 1.80. The van der Waals surface area contributed by atoms with Crippen LogP contribution in [0.4, 0.5) is 4.39 Å². The number of hydrogen-bond acceptors (Lipinski definition) is 3. The molecular weight excluding hydrogens is 259 g/mol. The Morgan fingerprint density at radius 3 is 2.30 bits per heavy atom. The Bertz CT molecular complexity index is 611. The summed E-state index contributed by atoms with van der Waals surface area (Å²) in [6.07, 6.45) is -1.05. The fourth-order valence-electron chi connectivity index (χ4n) is 2.10. The maximum absolute atomic E-state index is 14.1. The van der Waals surface area contributed by atoms with Crippen LogP contribution in [0.15, 0.2) is 36.4 Å². The van der Waals surface area contributed by atoms with Gasteiger partial charge in [-0.15, -0.1) is 0 Å². The van der Waals surface area contributed by atoms with Gasteiger partial charge >= 0.3 is 0 Å². The van der Waals surface area contributed by atoms with Crippen molar-refractivity contribution in [3.8, 4) is 11.5 Å². The number of methoxy groups -OCH3 is 2. The van der Waals surface area contributed by atoms with Gasteiger partial charge in [-0.1, -0.05) is 29.8 Å². The van der Waals surface area contributed by atoms with Crippen LogP contribution < -0.4 is 9.47 Å². The second-order valence-corrected chi connectivity index (χ2v) is 4.55. The molecule has 0 aromatic heterocycles. The van der Waals surface area contributed by atoms with Crippen molar-refractivity contribution in [3.05, 3.63) is 58.9 Å². The Morgan fingerprint density at radius 1 is 1.05 bits per heavy atom. The fraction of sp³-hybridized carbons (Fsp3) is 0.250. The SMILES string of the molecule is COc1cc(F)c(C(O)c2cccc(C)c2)cc1OC. The standard InChI is InChI=1S/C16H17FO3/c1-10-5-4-6-11(7-10)16(18)12-8-14(19-2)15(20-3)9-13(12)17/h4-9,16,18H,1-3H3. The molecule has 20 heavy (non-hydrogen) atoms. The van der Waals surface area contributed by atoms with Crippen LogP contribution in [0.2, 0.25) is 0 Å². The van der Waals surface area contributed by atoms with Gasteiger partial charge in [-0.05, 0) is 18.6 Å². The van der Waals surface area contributed by atoms with Crippen LogP contribution in [-0.4, -0.2) is 19.3 Å². The molecule has 2 aromatic rings. The van der Waals surface area contributed by atoms with Gasteiger partial charge in [0.05, 0.1) is 14.2 Å². The van der Waals surface area contributed by atoms with Crippen molar-refractivity contribution in [2.24, 2.45) is 0 Å². The first kappa shape index (κ1) is 14.3. The minimum absolute atomic E-state index is 0.160. The first-order chi connectivity index (χ1) is 9.56. The maximum atomic E-state index is 14.1. The normalized spacial score (nSPS) is 12.1. The highest BCUT2D eigenvalue weighted by Crippen LogP contribution is 2.34. The third-order valence-electron chi connectivity index (χ3n) is 3.16. The average Bonchev–Trinajstić information content (AvgIpc) is 2.46. The zero-order valence-electron chi connectivity index (χ0n) is 11.7. The molecule has 2 aromatic carbocycles. The second kappa shape index (κ2) is 5.92. The molecule has 0 aliphatic rings. The number of aliphatic hydroxyl groups excluding tert-OH is 1. The summed E-state index contributed by atoms with van der Waals surface area (Å²) in [5.74, 6) is 0.150. The number of benzene rings is 2. The van der Waals surface area contributed by atoms with E-state index in [4.69, 9.17) is 9.47 Å². The van der Waals surface area contributed by atoms with Crippen molar-refractivity contribution in [3.63, 3.8) is 0 Å². The van der Waals surface area contributed by atoms with Crippen LogP contribution >= 0.6 is 0 Å². The quantitative estimate of drug-likeness (QED) is 0.931. The Morgan fingerprint density at radius 2 is 1.70 bits per heavy atom. The zero-order valence-corrected chi connectivity index (χ0v) is 11.7. The Labute approximate surface area is 117 Å². The van der Waals surface area contributed by atoms with Crippen LogP contribution in [0.1, 0.15) is 22.8 Å². The molecule has 106 valence electrons. The number of ether oxygens (including phenoxy) is 2. The summed E-state index contributed by atoms with van der Waals surface area (Å²) in [7, 11) is 2.91. The molecule has 3 nitrogen and oxygen atoms in total. The van der Waals surface area contributed by atoms with Gasteiger partial charge in [0.2, 0.25) is 0 Å². The van der Waals surface area contributed by atoms with Crippen LogP contribution in [0.25, 0.3) is 0 Å². The first-order valence-electron chi connectivity index (χ1n) is 6.23. The molecule has 0 aliphatic carbocycles. The molecule has 0 fully saturated rings. The molecule has 0 aliphatic heterocycles. The Balaban J connectivity index is 2.46. The van der Waals surface area contributed by atoms with Gasteiger partial charge in [0.25, 0.3) is 0 Å². The molecule has 1 atom stereocenters. The predicted octanol–water partition coefficient (Wildman–Crippen LogP) is 3.23. The minimum atomic E-state index is -1.05. The Hall–Kier alpha value is -2.07. The van der Waals surface area contributed by atoms with E-state index in [1.165, 1.54) is 26.4 Å². The van der Waals surface area contributed by atoms with Crippen LogP contribution in [0.5, 0.6) is 11.5 Å². The van der Waals surface area contributed by atoms with E-state index < -0.39 is 11.9 Å². The van der Waals surface area contributed by atoms with E-state index in [2.05, 4.69) is 0 Å². The van der Waals surface area contributed by atoms with Gasteiger partial charge in [0, 0.05) is 11.6 Å². The highest BCUT2D eigenvalue weighted by Gasteiger charge is 2.19. The fourth-order valence-corrected chi connectivity index (χ4v) is 2.10. The minimum Gasteiger partial charge on any atom is -0.493 e. The number of aliphatic hydroxyl groups is 1. The van der Waals surface area contributed by atoms with Crippen LogP contribution in [0.3, 0.4) is 0 Å². The van der Waals surface area contributed by atoms with Gasteiger partial charge in [-0.3, -0.25) is 0 Å². The van der Waals surface area contributed by atoms with Gasteiger partial charge in [-0.2, -0.15) is 0 Å². The summed E-state index contributed by atoms with van der Waals surface area (Å²) in [6, 6.07) is 10.00. The number of hydrogen-bond donors (Lipinski definition) is 1. The molecule has 2 rings (SSSR count). The van der Waals surface area contributed by atoms with Crippen LogP contribution in [0, 0.1) is 12.7 Å². The van der Waals surface area contributed by atoms with Gasteiger partial charge in [0.1, 0.15) is 11.9 Å². The summed E-state index contributed by atoms with van der Waals surface area (Å²) in [6.45, 7) is 1.92. The first-order valence-corrected chi connectivity index (χ1v) is 6.23. The van der Waals surface area contributed by atoms with Crippen LogP contribution in [-0.2, 0) is 0 Å². The smallest absolute Gasteiger partial charge is 0.163 e. The molecule has 1 unspecified atom stereocenters. The van der Waals surface area contributed by atoms with Gasteiger partial charge < -0.3 is 14.6 Å². The Kier molecular flexibility index (Phi) is 4.25. The number of aryl methyl sites for hydroxylation is 1. The van der Waals surface area contributed by atoms with Crippen molar-refractivity contribution in [2.45, 2.75) is 13.0 Å². The van der Waals surface area contributed by atoms with Gasteiger partial charge in [0.15, 0.2) is 11.5 Å². The largest absolute Gasteiger partial charge is 0.493 e. The third-order valence-corrected chi connectivity index (χ3v) is 3.16. The molecule has 0 saturated carbocycles. The molecule has 0 amide bonds. The molecule has 0 heterocycles. The lowest BCUT2D eigenvalue weighted by Gasteiger charge is -2.16. The topological polar surface area (TPSA) is 38.7 Å². The lowest BCUT2D eigenvalue weighted by atomic mass is 9.99.